The minimum Gasteiger partial charge on any atom is -0.256 e. The summed E-state index contributed by atoms with van der Waals surface area (Å²) >= 11 is 0. The molecule has 0 saturated carbocycles. The molecule has 0 fully saturated rings. The largest absolute Gasteiger partial charge is 0.256 e. The van der Waals surface area contributed by atoms with Crippen molar-refractivity contribution in [1.29, 1.82) is 0 Å². The van der Waals surface area contributed by atoms with E-state index in [1.807, 2.05) is 0 Å². The van der Waals surface area contributed by atoms with Crippen molar-refractivity contribution in [3.8, 4) is 11.3 Å². The quantitative estimate of drug-likeness (QED) is 0.715. The Morgan fingerprint density at radius 2 is 1.55 bits per heavy atom. The van der Waals surface area contributed by atoms with Gasteiger partial charge in [0.25, 0.3) is 0 Å². The summed E-state index contributed by atoms with van der Waals surface area (Å²) in [6.07, 6.45) is 3.29. The molecule has 22 heavy (non-hydrogen) atoms. The van der Waals surface area contributed by atoms with Crippen molar-refractivity contribution in [2.45, 2.75) is 53.8 Å². The van der Waals surface area contributed by atoms with Gasteiger partial charge in [-0.1, -0.05) is 50.7 Å². The maximum atomic E-state index is 4.80. The molecular weight excluding hydrogens is 282 g/mol. The number of nitrogens with zero attached hydrogens (tertiary/aromatic N) is 1. The van der Waals surface area contributed by atoms with E-state index >= 15 is 0 Å². The highest BCUT2D eigenvalue weighted by Crippen LogP contribution is 2.22. The van der Waals surface area contributed by atoms with Crippen LogP contribution in [0.25, 0.3) is 11.3 Å². The van der Waals surface area contributed by atoms with E-state index in [0.717, 1.165) is 12.1 Å². The molecule has 0 aliphatic rings. The number of rotatable bonds is 4. The molecule has 0 saturated heterocycles. The first kappa shape index (κ1) is 16.9. The Balaban J connectivity index is 2.55. The summed E-state index contributed by atoms with van der Waals surface area (Å²) in [6, 6.07) is 9.03. The van der Waals surface area contributed by atoms with Gasteiger partial charge in [0.15, 0.2) is 0 Å². The Hall–Kier alpha value is -1.41. The van der Waals surface area contributed by atoms with E-state index in [2.05, 4.69) is 77.8 Å². The molecule has 0 N–H and O–H groups in total. The van der Waals surface area contributed by atoms with Crippen LogP contribution in [-0.4, -0.2) is 13.1 Å². The Morgan fingerprint density at radius 3 is 2.05 bits per heavy atom. The first-order chi connectivity index (χ1) is 10.2. The highest BCUT2D eigenvalue weighted by atomic mass is 28.3. The van der Waals surface area contributed by atoms with E-state index in [9.17, 15) is 0 Å². The number of hydrogen-bond acceptors (Lipinski definition) is 1. The molecule has 0 atom stereocenters. The molecule has 1 heterocycles. The number of aromatic nitrogens is 1. The first-order valence-electron chi connectivity index (χ1n) is 8.25. The third-order valence-corrected chi connectivity index (χ3v) is 6.01. The van der Waals surface area contributed by atoms with Gasteiger partial charge in [0.1, 0.15) is 0 Å². The molecule has 2 aromatic rings. The zero-order valence-corrected chi connectivity index (χ0v) is 16.1. The summed E-state index contributed by atoms with van der Waals surface area (Å²) < 4.78 is 0. The van der Waals surface area contributed by atoms with Crippen LogP contribution >= 0.6 is 0 Å². The molecular formula is C20H29NSi. The fraction of sp³-hybridized carbons (Fsp3) is 0.450. The fourth-order valence-corrected chi connectivity index (χ4v) is 4.65. The second-order valence-corrected chi connectivity index (χ2v) is 13.0. The van der Waals surface area contributed by atoms with Gasteiger partial charge < -0.3 is 0 Å². The lowest BCUT2D eigenvalue weighted by molar-refractivity contribution is 0.649. The Labute approximate surface area is 136 Å². The molecule has 0 aliphatic carbocycles. The van der Waals surface area contributed by atoms with Crippen molar-refractivity contribution in [1.82, 2.24) is 4.98 Å². The highest BCUT2D eigenvalue weighted by molar-refractivity contribution is 6.89. The van der Waals surface area contributed by atoms with Crippen molar-refractivity contribution in [3.05, 3.63) is 47.2 Å². The predicted molar refractivity (Wildman–Crippen MR) is 101 cm³/mol. The smallest absolute Gasteiger partial charge is 0.0799 e. The Kier molecular flexibility index (Phi) is 4.91. The van der Waals surface area contributed by atoms with Crippen molar-refractivity contribution in [2.24, 2.45) is 5.92 Å². The predicted octanol–water partition coefficient (Wildman–Crippen LogP) is 5.11. The molecule has 2 rings (SSSR count). The summed E-state index contributed by atoms with van der Waals surface area (Å²) in [4.78, 5) is 4.80. The zero-order chi connectivity index (χ0) is 16.5. The average molecular weight is 312 g/mol. The van der Waals surface area contributed by atoms with Crippen LogP contribution < -0.4 is 5.19 Å². The topological polar surface area (TPSA) is 12.9 Å². The summed E-state index contributed by atoms with van der Waals surface area (Å²) in [7, 11) is -1.35. The maximum absolute atomic E-state index is 4.80. The van der Waals surface area contributed by atoms with E-state index < -0.39 is 8.07 Å². The molecule has 1 aromatic carbocycles. The molecule has 0 spiro atoms. The molecule has 0 aliphatic heterocycles. The fourth-order valence-electron chi connectivity index (χ4n) is 3.06. The lowest BCUT2D eigenvalue weighted by Crippen LogP contribution is -2.40. The number of aryl methyl sites for hydroxylation is 2. The van der Waals surface area contributed by atoms with Crippen molar-refractivity contribution in [2.75, 3.05) is 0 Å². The van der Waals surface area contributed by atoms with Crippen LogP contribution in [0, 0.1) is 19.8 Å². The van der Waals surface area contributed by atoms with Gasteiger partial charge in [0.05, 0.1) is 13.8 Å². The molecule has 118 valence electrons. The van der Waals surface area contributed by atoms with Crippen LogP contribution in [-0.2, 0) is 6.42 Å². The zero-order valence-electron chi connectivity index (χ0n) is 15.1. The minimum absolute atomic E-state index is 0.671. The first-order valence-corrected chi connectivity index (χ1v) is 11.7. The molecule has 2 heteroatoms. The molecule has 0 bridgehead atoms. The molecule has 1 aromatic heterocycles. The summed E-state index contributed by atoms with van der Waals surface area (Å²) in [5, 5.41) is 1.51. The monoisotopic (exact) mass is 311 g/mol. The van der Waals surface area contributed by atoms with Crippen LogP contribution in [0.2, 0.25) is 19.6 Å². The summed E-state index contributed by atoms with van der Waals surface area (Å²) in [6.45, 7) is 16.1. The second kappa shape index (κ2) is 6.37. The Bertz CT molecular complexity index is 646. The highest BCUT2D eigenvalue weighted by Gasteiger charge is 2.21. The molecule has 1 nitrogen and oxygen atoms in total. The van der Waals surface area contributed by atoms with E-state index in [4.69, 9.17) is 4.98 Å². The average Bonchev–Trinajstić information content (AvgIpc) is 2.35. The summed E-state index contributed by atoms with van der Waals surface area (Å²) in [5.41, 5.74) is 6.46. The van der Waals surface area contributed by atoms with Gasteiger partial charge in [0.2, 0.25) is 0 Å². The molecule has 0 amide bonds. The molecule has 0 unspecified atom stereocenters. The lowest BCUT2D eigenvalue weighted by atomic mass is 10.00. The van der Waals surface area contributed by atoms with Crippen LogP contribution in [0.5, 0.6) is 0 Å². The van der Waals surface area contributed by atoms with E-state index in [-0.39, 0.29) is 0 Å². The Morgan fingerprint density at radius 1 is 0.955 bits per heavy atom. The van der Waals surface area contributed by atoms with Gasteiger partial charge in [-0.15, -0.1) is 0 Å². The standard InChI is InChI=1S/C20H29NSi/c1-14(2)8-18-12-19(21-13-20(18)22(5,6)7)17-10-15(3)9-16(4)11-17/h9-14H,8H2,1-7H3. The van der Waals surface area contributed by atoms with Crippen LogP contribution in [0.4, 0.5) is 0 Å². The number of hydrogen-bond donors (Lipinski definition) is 0. The lowest BCUT2D eigenvalue weighted by Gasteiger charge is -2.22. The van der Waals surface area contributed by atoms with Crippen LogP contribution in [0.15, 0.2) is 30.5 Å². The normalized spacial score (nSPS) is 12.0. The van der Waals surface area contributed by atoms with Gasteiger partial charge in [-0.2, -0.15) is 0 Å². The third kappa shape index (κ3) is 4.07. The SMILES string of the molecule is Cc1cc(C)cc(-c2cc(CC(C)C)c([Si](C)(C)C)cn2)c1. The van der Waals surface area contributed by atoms with Gasteiger partial charge in [-0.25, -0.2) is 0 Å². The van der Waals surface area contributed by atoms with Gasteiger partial charge in [-0.3, -0.25) is 4.98 Å². The summed E-state index contributed by atoms with van der Waals surface area (Å²) in [5.74, 6) is 0.671. The van der Waals surface area contributed by atoms with Crippen molar-refractivity contribution < 1.29 is 0 Å². The van der Waals surface area contributed by atoms with Gasteiger partial charge in [0, 0.05) is 11.8 Å². The van der Waals surface area contributed by atoms with Crippen LogP contribution in [0.3, 0.4) is 0 Å². The minimum atomic E-state index is -1.35. The number of pyridine rings is 1. The van der Waals surface area contributed by atoms with E-state index in [1.165, 1.54) is 27.4 Å². The van der Waals surface area contributed by atoms with Crippen LogP contribution in [0.1, 0.15) is 30.5 Å². The van der Waals surface area contributed by atoms with Crippen molar-refractivity contribution >= 4 is 13.3 Å². The molecule has 0 radical (unpaired) electrons. The van der Waals surface area contributed by atoms with E-state index in [0.29, 0.717) is 5.92 Å². The maximum Gasteiger partial charge on any atom is 0.0799 e. The third-order valence-electron chi connectivity index (χ3n) is 3.94. The number of benzene rings is 1. The van der Waals surface area contributed by atoms with Crippen molar-refractivity contribution in [3.63, 3.8) is 0 Å². The second-order valence-electron chi connectivity index (χ2n) is 7.95. The van der Waals surface area contributed by atoms with Gasteiger partial charge in [-0.05, 0) is 55.1 Å². The van der Waals surface area contributed by atoms with E-state index in [1.54, 1.807) is 0 Å². The van der Waals surface area contributed by atoms with Gasteiger partial charge >= 0.3 is 0 Å².